The van der Waals surface area contributed by atoms with Crippen LogP contribution in [0.2, 0.25) is 0 Å². The van der Waals surface area contributed by atoms with Gasteiger partial charge in [0, 0.05) is 0 Å². The van der Waals surface area contributed by atoms with Gasteiger partial charge in [0.1, 0.15) is 0 Å². The number of hydrogen-bond donors (Lipinski definition) is 0. The molecule has 0 aromatic carbocycles. The Labute approximate surface area is 171 Å². The Morgan fingerprint density at radius 2 is 1.93 bits per heavy atom. The molecule has 2 aliphatic rings. The van der Waals surface area contributed by atoms with E-state index in [9.17, 15) is 14.4 Å². The number of methoxy groups -OCH3 is 1. The number of ether oxygens (including phenoxy) is 5. The fourth-order valence-electron chi connectivity index (χ4n) is 3.91. The summed E-state index contributed by atoms with van der Waals surface area (Å²) in [5.74, 6) is -0.935. The second-order valence-electron chi connectivity index (χ2n) is 7.94. The van der Waals surface area contributed by atoms with Crippen molar-refractivity contribution in [3.8, 4) is 0 Å². The van der Waals surface area contributed by atoms with Crippen molar-refractivity contribution in [3.05, 3.63) is 11.3 Å². The van der Waals surface area contributed by atoms with Crippen molar-refractivity contribution in [2.45, 2.75) is 65.8 Å². The van der Waals surface area contributed by atoms with Crippen LogP contribution in [0.1, 0.15) is 53.4 Å². The van der Waals surface area contributed by atoms with Gasteiger partial charge in [-0.1, -0.05) is 27.2 Å². The van der Waals surface area contributed by atoms with Gasteiger partial charge in [0.15, 0.2) is 6.61 Å². The van der Waals surface area contributed by atoms with Crippen LogP contribution in [0.25, 0.3) is 0 Å². The van der Waals surface area contributed by atoms with Crippen molar-refractivity contribution < 1.29 is 38.1 Å². The molecule has 0 radical (unpaired) electrons. The second-order valence-corrected chi connectivity index (χ2v) is 7.94. The van der Waals surface area contributed by atoms with Gasteiger partial charge in [-0.15, -0.1) is 0 Å². The average molecular weight is 412 g/mol. The normalized spacial score (nSPS) is 28.7. The Balaban J connectivity index is 2.24. The van der Waals surface area contributed by atoms with Gasteiger partial charge >= 0.3 is 17.9 Å². The van der Waals surface area contributed by atoms with Gasteiger partial charge in [-0.3, -0.25) is 4.79 Å². The predicted molar refractivity (Wildman–Crippen MR) is 102 cm³/mol. The Morgan fingerprint density at radius 3 is 2.55 bits per heavy atom. The first-order chi connectivity index (χ1) is 13.8. The highest BCUT2D eigenvalue weighted by molar-refractivity contribution is 5.90. The standard InChI is InChI=1S/C21H32O8/c1-6-26-18(23)11-27-19(20(24)25-5)15-10-17(22)29-21(15)28-16-9-13(4)7-8-14(16)12(2)3/h12-14,16,21H,6-11H2,1-5H3/b19-15-/t13-,14+,16-,21-/m1/s1. The SMILES string of the molecule is CCOC(=O)CO/C(C(=O)OC)=C1/CC(=O)O[C@H]1O[C@@H]1C[C@H](C)CC[C@H]1C(C)C. The van der Waals surface area contributed by atoms with Gasteiger partial charge in [-0.05, 0) is 37.5 Å². The van der Waals surface area contributed by atoms with Gasteiger partial charge in [0.25, 0.3) is 0 Å². The van der Waals surface area contributed by atoms with Crippen LogP contribution in [-0.2, 0) is 38.1 Å². The lowest BCUT2D eigenvalue weighted by Crippen LogP contribution is -2.37. The van der Waals surface area contributed by atoms with Crippen LogP contribution in [0.4, 0.5) is 0 Å². The molecule has 0 spiro atoms. The van der Waals surface area contributed by atoms with Crippen molar-refractivity contribution >= 4 is 17.9 Å². The summed E-state index contributed by atoms with van der Waals surface area (Å²) in [6.07, 6.45) is 1.72. The third-order valence-corrected chi connectivity index (χ3v) is 5.42. The van der Waals surface area contributed by atoms with Gasteiger partial charge in [0.05, 0.1) is 31.8 Å². The van der Waals surface area contributed by atoms with E-state index in [1.807, 2.05) is 0 Å². The number of rotatable bonds is 8. The molecular weight excluding hydrogens is 380 g/mol. The van der Waals surface area contributed by atoms with Crippen molar-refractivity contribution in [3.63, 3.8) is 0 Å². The van der Waals surface area contributed by atoms with Crippen molar-refractivity contribution in [2.24, 2.45) is 17.8 Å². The minimum atomic E-state index is -1.03. The van der Waals surface area contributed by atoms with Gasteiger partial charge < -0.3 is 23.7 Å². The molecule has 8 nitrogen and oxygen atoms in total. The summed E-state index contributed by atoms with van der Waals surface area (Å²) in [4.78, 5) is 35.9. The fourth-order valence-corrected chi connectivity index (χ4v) is 3.91. The fraction of sp³-hybridized carbons (Fsp3) is 0.762. The van der Waals surface area contributed by atoms with Gasteiger partial charge in [-0.25, -0.2) is 9.59 Å². The molecule has 1 heterocycles. The Kier molecular flexibility index (Phi) is 8.49. The summed E-state index contributed by atoms with van der Waals surface area (Å²) in [5.41, 5.74) is 0.242. The molecule has 1 saturated heterocycles. The third kappa shape index (κ3) is 6.19. The summed E-state index contributed by atoms with van der Waals surface area (Å²) >= 11 is 0. The highest BCUT2D eigenvalue weighted by Gasteiger charge is 2.41. The molecule has 0 aromatic rings. The molecule has 2 fully saturated rings. The zero-order valence-electron chi connectivity index (χ0n) is 17.9. The minimum Gasteiger partial charge on any atom is -0.474 e. The zero-order chi connectivity index (χ0) is 21.6. The first-order valence-electron chi connectivity index (χ1n) is 10.2. The predicted octanol–water partition coefficient (Wildman–Crippen LogP) is 2.74. The van der Waals surface area contributed by atoms with Crippen LogP contribution in [0.3, 0.4) is 0 Å². The summed E-state index contributed by atoms with van der Waals surface area (Å²) < 4.78 is 26.5. The highest BCUT2D eigenvalue weighted by Crippen LogP contribution is 2.38. The monoisotopic (exact) mass is 412 g/mol. The Morgan fingerprint density at radius 1 is 1.21 bits per heavy atom. The quantitative estimate of drug-likeness (QED) is 0.260. The Bertz CT molecular complexity index is 639. The lowest BCUT2D eigenvalue weighted by atomic mass is 9.75. The van der Waals surface area contributed by atoms with E-state index in [4.69, 9.17) is 23.7 Å². The summed E-state index contributed by atoms with van der Waals surface area (Å²) in [7, 11) is 1.20. The maximum atomic E-state index is 12.3. The van der Waals surface area contributed by atoms with Crippen LogP contribution in [0, 0.1) is 17.8 Å². The number of carbonyl (C=O) groups excluding carboxylic acids is 3. The number of cyclic esters (lactones) is 1. The lowest BCUT2D eigenvalue weighted by molar-refractivity contribution is -0.180. The van der Waals surface area contributed by atoms with Crippen molar-refractivity contribution in [2.75, 3.05) is 20.3 Å². The molecule has 0 N–H and O–H groups in total. The molecule has 164 valence electrons. The molecule has 0 bridgehead atoms. The smallest absolute Gasteiger partial charge is 0.373 e. The molecule has 1 aliphatic heterocycles. The van der Waals surface area contributed by atoms with E-state index < -0.39 is 30.8 Å². The van der Waals surface area contributed by atoms with Gasteiger partial charge in [-0.2, -0.15) is 0 Å². The number of carbonyl (C=O) groups is 3. The minimum absolute atomic E-state index is 0.103. The van der Waals surface area contributed by atoms with E-state index in [-0.39, 0.29) is 30.5 Å². The van der Waals surface area contributed by atoms with E-state index in [0.717, 1.165) is 19.3 Å². The van der Waals surface area contributed by atoms with Crippen LogP contribution >= 0.6 is 0 Å². The second kappa shape index (κ2) is 10.6. The molecule has 0 unspecified atom stereocenters. The maximum Gasteiger partial charge on any atom is 0.373 e. The van der Waals surface area contributed by atoms with Crippen LogP contribution in [0.5, 0.6) is 0 Å². The number of esters is 3. The van der Waals surface area contributed by atoms with E-state index >= 15 is 0 Å². The summed E-state index contributed by atoms with van der Waals surface area (Å²) in [6, 6.07) is 0. The Hall–Kier alpha value is -2.09. The van der Waals surface area contributed by atoms with Crippen molar-refractivity contribution in [1.82, 2.24) is 0 Å². The molecule has 0 amide bonds. The van der Waals surface area contributed by atoms with E-state index in [0.29, 0.717) is 17.8 Å². The first kappa shape index (κ1) is 23.2. The van der Waals surface area contributed by atoms with E-state index in [1.54, 1.807) is 6.92 Å². The molecule has 8 heteroatoms. The van der Waals surface area contributed by atoms with Crippen LogP contribution in [0.15, 0.2) is 11.3 Å². The molecule has 1 saturated carbocycles. The average Bonchev–Trinajstić information content (AvgIpc) is 3.01. The molecule has 2 rings (SSSR count). The third-order valence-electron chi connectivity index (χ3n) is 5.42. The number of hydrogen-bond acceptors (Lipinski definition) is 8. The molecule has 1 aliphatic carbocycles. The van der Waals surface area contributed by atoms with E-state index in [1.165, 1.54) is 7.11 Å². The van der Waals surface area contributed by atoms with E-state index in [2.05, 4.69) is 20.8 Å². The van der Waals surface area contributed by atoms with Crippen molar-refractivity contribution in [1.29, 1.82) is 0 Å². The summed E-state index contributed by atoms with van der Waals surface area (Å²) in [5, 5.41) is 0. The first-order valence-corrected chi connectivity index (χ1v) is 10.2. The lowest BCUT2D eigenvalue weighted by Gasteiger charge is -2.38. The summed E-state index contributed by atoms with van der Waals surface area (Å²) in [6.45, 7) is 7.86. The molecule has 29 heavy (non-hydrogen) atoms. The molecule has 0 aromatic heterocycles. The topological polar surface area (TPSA) is 97.4 Å². The van der Waals surface area contributed by atoms with Crippen LogP contribution < -0.4 is 0 Å². The van der Waals surface area contributed by atoms with Gasteiger partial charge in [0.2, 0.25) is 12.0 Å². The molecule has 4 atom stereocenters. The molecular formula is C21H32O8. The van der Waals surface area contributed by atoms with Crippen LogP contribution in [-0.4, -0.2) is 50.6 Å². The highest BCUT2D eigenvalue weighted by atomic mass is 16.7. The zero-order valence-corrected chi connectivity index (χ0v) is 17.9. The maximum absolute atomic E-state index is 12.3. The largest absolute Gasteiger partial charge is 0.474 e.